The van der Waals surface area contributed by atoms with E-state index >= 15 is 0 Å². The normalized spacial score (nSPS) is 11.4. The third-order valence-corrected chi connectivity index (χ3v) is 2.93. The fourth-order valence-electron chi connectivity index (χ4n) is 1.95. The molecule has 1 aromatic heterocycles. The maximum absolute atomic E-state index is 10.1. The van der Waals surface area contributed by atoms with Crippen LogP contribution in [0.2, 0.25) is 0 Å². The summed E-state index contributed by atoms with van der Waals surface area (Å²) < 4.78 is 0. The van der Waals surface area contributed by atoms with Crippen molar-refractivity contribution in [2.75, 3.05) is 0 Å². The summed E-state index contributed by atoms with van der Waals surface area (Å²) >= 11 is 0. The highest BCUT2D eigenvalue weighted by Crippen LogP contribution is 2.35. The smallest absolute Gasteiger partial charge is 0.196 e. The van der Waals surface area contributed by atoms with Crippen LogP contribution in [-0.4, -0.2) is 10.1 Å². The van der Waals surface area contributed by atoms with Crippen LogP contribution in [0.5, 0.6) is 5.75 Å². The van der Waals surface area contributed by atoms with E-state index in [-0.39, 0.29) is 5.75 Å². The van der Waals surface area contributed by atoms with E-state index in [4.69, 9.17) is 0 Å². The molecule has 0 aliphatic carbocycles. The van der Waals surface area contributed by atoms with Crippen molar-refractivity contribution in [3.63, 3.8) is 0 Å². The Bertz CT molecular complexity index is 745. The van der Waals surface area contributed by atoms with Crippen LogP contribution in [0.25, 0.3) is 10.9 Å². The minimum atomic E-state index is 0.137. The van der Waals surface area contributed by atoms with Gasteiger partial charge in [-0.1, -0.05) is 29.8 Å². The Morgan fingerprint density at radius 1 is 1.00 bits per heavy atom. The number of nitrogens with zero attached hydrogens (tertiary/aromatic N) is 2. The topological polar surface area (TPSA) is 60.7 Å². The van der Waals surface area contributed by atoms with E-state index in [0.29, 0.717) is 5.82 Å². The molecule has 0 saturated carbocycles. The fraction of sp³-hybridized carbons (Fsp3) is 0.0667. The number of azo groups is 1. The van der Waals surface area contributed by atoms with Crippen molar-refractivity contribution in [2.24, 2.45) is 10.2 Å². The molecule has 19 heavy (non-hydrogen) atoms. The molecule has 0 unspecified atom stereocenters. The lowest BCUT2D eigenvalue weighted by Gasteiger charge is -1.92. The number of benzene rings is 2. The molecule has 0 atom stereocenters. The van der Waals surface area contributed by atoms with Crippen LogP contribution in [0.4, 0.5) is 11.5 Å². The summed E-state index contributed by atoms with van der Waals surface area (Å²) in [5.74, 6) is 0.517. The number of aromatic nitrogens is 1. The maximum atomic E-state index is 10.1. The summed E-state index contributed by atoms with van der Waals surface area (Å²) in [5.41, 5.74) is 2.69. The second-order valence-electron chi connectivity index (χ2n) is 4.41. The van der Waals surface area contributed by atoms with Gasteiger partial charge in [-0.15, -0.1) is 10.2 Å². The Morgan fingerprint density at radius 3 is 2.58 bits per heavy atom. The summed E-state index contributed by atoms with van der Waals surface area (Å²) in [6, 6.07) is 15.2. The molecule has 0 amide bonds. The van der Waals surface area contributed by atoms with Gasteiger partial charge in [0.05, 0.1) is 11.2 Å². The van der Waals surface area contributed by atoms with E-state index in [1.165, 1.54) is 0 Å². The summed E-state index contributed by atoms with van der Waals surface area (Å²) in [5, 5.41) is 19.0. The summed E-state index contributed by atoms with van der Waals surface area (Å²) in [6.07, 6.45) is 0. The zero-order chi connectivity index (χ0) is 13.2. The molecular weight excluding hydrogens is 238 g/mol. The number of aryl methyl sites for hydroxylation is 1. The van der Waals surface area contributed by atoms with Crippen LogP contribution in [0.3, 0.4) is 0 Å². The van der Waals surface area contributed by atoms with Gasteiger partial charge in [-0.25, -0.2) is 0 Å². The number of aromatic hydroxyl groups is 1. The van der Waals surface area contributed by atoms with E-state index in [2.05, 4.69) is 15.2 Å². The lowest BCUT2D eigenvalue weighted by atomic mass is 10.2. The lowest BCUT2D eigenvalue weighted by molar-refractivity contribution is 0.482. The van der Waals surface area contributed by atoms with Crippen molar-refractivity contribution in [2.45, 2.75) is 6.92 Å². The number of rotatable bonds is 2. The Kier molecular flexibility index (Phi) is 2.76. The highest BCUT2D eigenvalue weighted by atomic mass is 16.3. The molecule has 0 saturated heterocycles. The molecule has 94 valence electrons. The molecule has 0 bridgehead atoms. The van der Waals surface area contributed by atoms with Crippen molar-refractivity contribution >= 4 is 22.4 Å². The predicted octanol–water partition coefficient (Wildman–Crippen LogP) is 4.60. The molecule has 0 aliphatic rings. The van der Waals surface area contributed by atoms with Gasteiger partial charge in [0.15, 0.2) is 11.6 Å². The van der Waals surface area contributed by atoms with Gasteiger partial charge >= 0.3 is 0 Å². The molecule has 0 aliphatic heterocycles. The lowest BCUT2D eigenvalue weighted by Crippen LogP contribution is -1.70. The first kappa shape index (κ1) is 11.5. The van der Waals surface area contributed by atoms with Crippen molar-refractivity contribution in [3.05, 3.63) is 54.1 Å². The zero-order valence-corrected chi connectivity index (χ0v) is 10.5. The average Bonchev–Trinajstić information content (AvgIpc) is 2.74. The van der Waals surface area contributed by atoms with Gasteiger partial charge in [0.2, 0.25) is 0 Å². The third kappa shape index (κ3) is 2.20. The number of fused-ring (bicyclic) bond motifs is 1. The van der Waals surface area contributed by atoms with E-state index in [0.717, 1.165) is 22.2 Å². The van der Waals surface area contributed by atoms with E-state index in [1.807, 2.05) is 55.5 Å². The second-order valence-corrected chi connectivity index (χ2v) is 4.41. The first-order chi connectivity index (χ1) is 9.24. The largest absolute Gasteiger partial charge is 0.504 e. The van der Waals surface area contributed by atoms with Gasteiger partial charge in [-0.3, -0.25) is 0 Å². The van der Waals surface area contributed by atoms with Crippen molar-refractivity contribution in [1.82, 2.24) is 4.98 Å². The van der Waals surface area contributed by atoms with Crippen molar-refractivity contribution in [1.29, 1.82) is 0 Å². The minimum Gasteiger partial charge on any atom is -0.504 e. The molecule has 2 N–H and O–H groups in total. The third-order valence-electron chi connectivity index (χ3n) is 2.93. The van der Waals surface area contributed by atoms with Crippen LogP contribution in [0.1, 0.15) is 5.56 Å². The monoisotopic (exact) mass is 251 g/mol. The van der Waals surface area contributed by atoms with Crippen LogP contribution in [-0.2, 0) is 0 Å². The van der Waals surface area contributed by atoms with Gasteiger partial charge in [-0.05, 0) is 31.2 Å². The maximum Gasteiger partial charge on any atom is 0.196 e. The van der Waals surface area contributed by atoms with Crippen molar-refractivity contribution in [3.8, 4) is 5.75 Å². The van der Waals surface area contributed by atoms with Gasteiger partial charge in [0.1, 0.15) is 0 Å². The Balaban J connectivity index is 2.02. The number of hydrogen-bond acceptors (Lipinski definition) is 3. The standard InChI is InChI=1S/C15H13N3O/c1-10-7-8-13-12(9-10)14(19)15(16-13)18-17-11-5-3-2-4-6-11/h2-9,16,19H,1H3. The molecule has 4 nitrogen and oxygen atoms in total. The molecule has 0 fully saturated rings. The zero-order valence-electron chi connectivity index (χ0n) is 10.5. The highest BCUT2D eigenvalue weighted by Gasteiger charge is 2.09. The van der Waals surface area contributed by atoms with Crippen LogP contribution >= 0.6 is 0 Å². The molecule has 3 aromatic rings. The molecule has 3 rings (SSSR count). The number of nitrogens with one attached hydrogen (secondary N) is 1. The second kappa shape index (κ2) is 4.57. The summed E-state index contributed by atoms with van der Waals surface area (Å²) in [6.45, 7) is 1.98. The highest BCUT2D eigenvalue weighted by molar-refractivity contribution is 5.91. The average molecular weight is 251 g/mol. The van der Waals surface area contributed by atoms with Gasteiger partial charge in [-0.2, -0.15) is 0 Å². The molecule has 2 aromatic carbocycles. The number of aromatic amines is 1. The van der Waals surface area contributed by atoms with Gasteiger partial charge in [0, 0.05) is 5.39 Å². The first-order valence-corrected chi connectivity index (χ1v) is 6.02. The fourth-order valence-corrected chi connectivity index (χ4v) is 1.95. The van der Waals surface area contributed by atoms with Crippen LogP contribution in [0, 0.1) is 6.92 Å². The van der Waals surface area contributed by atoms with E-state index < -0.39 is 0 Å². The molecular formula is C15H13N3O. The first-order valence-electron chi connectivity index (χ1n) is 6.02. The quantitative estimate of drug-likeness (QED) is 0.642. The van der Waals surface area contributed by atoms with E-state index in [9.17, 15) is 5.11 Å². The summed E-state index contributed by atoms with van der Waals surface area (Å²) in [4.78, 5) is 3.05. The van der Waals surface area contributed by atoms with Crippen LogP contribution < -0.4 is 0 Å². The minimum absolute atomic E-state index is 0.137. The molecule has 4 heteroatoms. The predicted molar refractivity (Wildman–Crippen MR) is 75.3 cm³/mol. The summed E-state index contributed by atoms with van der Waals surface area (Å²) in [7, 11) is 0. The number of hydrogen-bond donors (Lipinski definition) is 2. The molecule has 1 heterocycles. The van der Waals surface area contributed by atoms with Gasteiger partial charge < -0.3 is 10.1 Å². The SMILES string of the molecule is Cc1ccc2[nH]c(N=Nc3ccccc3)c(O)c2c1. The Morgan fingerprint density at radius 2 is 1.79 bits per heavy atom. The Labute approximate surface area is 110 Å². The van der Waals surface area contributed by atoms with Crippen LogP contribution in [0.15, 0.2) is 58.8 Å². The number of H-pyrrole nitrogens is 1. The van der Waals surface area contributed by atoms with E-state index in [1.54, 1.807) is 0 Å². The molecule has 0 radical (unpaired) electrons. The Hall–Kier alpha value is -2.62. The van der Waals surface area contributed by atoms with Gasteiger partial charge in [0.25, 0.3) is 0 Å². The van der Waals surface area contributed by atoms with Crippen molar-refractivity contribution < 1.29 is 5.11 Å². The molecule has 0 spiro atoms.